The predicted molar refractivity (Wildman–Crippen MR) is 80.5 cm³/mol. The third-order valence-electron chi connectivity index (χ3n) is 2.75. The van der Waals surface area contributed by atoms with Crippen LogP contribution in [-0.2, 0) is 20.9 Å². The molecule has 0 aromatic carbocycles. The Labute approximate surface area is 139 Å². The van der Waals surface area contributed by atoms with E-state index in [-0.39, 0.29) is 0 Å². The van der Waals surface area contributed by atoms with Crippen molar-refractivity contribution in [1.82, 2.24) is 0 Å². The predicted octanol–water partition coefficient (Wildman–Crippen LogP) is -0.643. The average molecular weight is 339 g/mol. The lowest BCUT2D eigenvalue weighted by molar-refractivity contribution is -0.687. The Kier molecular flexibility index (Phi) is 8.96. The molecule has 0 aliphatic carbocycles. The molecule has 0 amide bonds. The largest absolute Gasteiger partial charge is 0.547 e. The molecule has 1 aromatic rings. The Bertz CT molecular complexity index is 576. The Morgan fingerprint density at radius 1 is 1.04 bits per heavy atom. The van der Waals surface area contributed by atoms with Gasteiger partial charge in [-0.05, 0) is 19.9 Å². The number of carboxylic acids is 3. The summed E-state index contributed by atoms with van der Waals surface area (Å²) < 4.78 is 2.15. The van der Waals surface area contributed by atoms with E-state index < -0.39 is 36.4 Å². The Morgan fingerprint density at radius 2 is 1.50 bits per heavy atom. The molecule has 0 atom stereocenters. The van der Waals surface area contributed by atoms with Crippen molar-refractivity contribution in [3.05, 3.63) is 42.2 Å². The number of carbonyl (C=O) groups excluding carboxylic acids is 1. The minimum Gasteiger partial charge on any atom is -0.547 e. The normalized spacial score (nSPS) is 10.1. The van der Waals surface area contributed by atoms with Crippen LogP contribution in [-0.4, -0.2) is 38.8 Å². The molecule has 0 unspecified atom stereocenters. The third-order valence-corrected chi connectivity index (χ3v) is 2.75. The lowest BCUT2D eigenvalue weighted by atomic mass is 9.96. The highest BCUT2D eigenvalue weighted by atomic mass is 16.4. The van der Waals surface area contributed by atoms with E-state index >= 15 is 0 Å². The second-order valence-corrected chi connectivity index (χ2v) is 5.31. The second-order valence-electron chi connectivity index (χ2n) is 5.31. The fourth-order valence-corrected chi connectivity index (χ4v) is 1.55. The van der Waals surface area contributed by atoms with Crippen LogP contribution in [0.1, 0.15) is 26.7 Å². The van der Waals surface area contributed by atoms with Crippen molar-refractivity contribution in [2.75, 3.05) is 0 Å². The van der Waals surface area contributed by atoms with Crippen molar-refractivity contribution in [3.63, 3.8) is 0 Å². The van der Waals surface area contributed by atoms with Crippen LogP contribution in [0.5, 0.6) is 0 Å². The molecule has 132 valence electrons. The standard InChI is InChI=1S/C10H14N.C6H8O7/c1-10(2)6-9-11-7-4-3-5-8-11;7-3(8)1-6(13,5(11)12)2-4(9)10/h3-8H,9H2,1-2H3;13H,1-2H2,(H,7,8)(H,9,10)(H,11,12)/q+1;/p-1. The zero-order chi connectivity index (χ0) is 18.8. The van der Waals surface area contributed by atoms with E-state index in [0.717, 1.165) is 6.54 Å². The van der Waals surface area contributed by atoms with E-state index in [0.29, 0.717) is 0 Å². The summed E-state index contributed by atoms with van der Waals surface area (Å²) in [4.78, 5) is 30.3. The summed E-state index contributed by atoms with van der Waals surface area (Å²) in [6.07, 6.45) is 3.93. The molecule has 24 heavy (non-hydrogen) atoms. The maximum atomic E-state index is 10.2. The van der Waals surface area contributed by atoms with Crippen molar-refractivity contribution >= 4 is 17.9 Å². The van der Waals surface area contributed by atoms with Gasteiger partial charge in [0.25, 0.3) is 0 Å². The molecule has 0 saturated carbocycles. The molecular weight excluding hydrogens is 318 g/mol. The lowest BCUT2D eigenvalue weighted by Crippen LogP contribution is -2.51. The first-order valence-corrected chi connectivity index (χ1v) is 7.01. The number of carboxylic acid groups (broad SMARTS) is 3. The molecule has 0 saturated heterocycles. The SMILES string of the molecule is CC(C)=CC[n+]1ccccc1.O=C(O)CC(O)(CC(=O)O)C(=O)[O-]. The number of aliphatic carboxylic acids is 3. The van der Waals surface area contributed by atoms with Crippen LogP contribution in [0.25, 0.3) is 0 Å². The number of carbonyl (C=O) groups is 3. The molecule has 0 aliphatic rings. The highest BCUT2D eigenvalue weighted by Gasteiger charge is 2.34. The zero-order valence-corrected chi connectivity index (χ0v) is 13.5. The van der Waals surface area contributed by atoms with E-state index in [4.69, 9.17) is 15.3 Å². The van der Waals surface area contributed by atoms with Crippen LogP contribution in [0.2, 0.25) is 0 Å². The molecule has 1 rings (SSSR count). The van der Waals surface area contributed by atoms with Gasteiger partial charge in [0.05, 0.1) is 18.8 Å². The number of aromatic nitrogens is 1. The number of rotatable bonds is 7. The molecule has 8 nitrogen and oxygen atoms in total. The van der Waals surface area contributed by atoms with Gasteiger partial charge in [0, 0.05) is 12.1 Å². The summed E-state index contributed by atoms with van der Waals surface area (Å²) >= 11 is 0. The van der Waals surface area contributed by atoms with E-state index in [9.17, 15) is 19.5 Å². The maximum absolute atomic E-state index is 10.2. The monoisotopic (exact) mass is 339 g/mol. The molecule has 1 aromatic heterocycles. The summed E-state index contributed by atoms with van der Waals surface area (Å²) in [5, 5.41) is 35.5. The smallest absolute Gasteiger partial charge is 0.306 e. The number of hydrogen-bond acceptors (Lipinski definition) is 5. The van der Waals surface area contributed by atoms with Gasteiger partial charge >= 0.3 is 11.9 Å². The number of nitrogens with zero attached hydrogens (tertiary/aromatic N) is 1. The quantitative estimate of drug-likeness (QED) is 0.443. The number of aliphatic hydroxyl groups is 1. The number of pyridine rings is 1. The fourth-order valence-electron chi connectivity index (χ4n) is 1.55. The number of allylic oxidation sites excluding steroid dienone is 2. The second kappa shape index (κ2) is 10.1. The minimum atomic E-state index is -2.85. The first kappa shape index (κ1) is 21.3. The van der Waals surface area contributed by atoms with Crippen LogP contribution in [0.4, 0.5) is 0 Å². The molecule has 0 radical (unpaired) electrons. The van der Waals surface area contributed by atoms with Gasteiger partial charge in [0.1, 0.15) is 5.60 Å². The molecule has 0 aliphatic heterocycles. The van der Waals surface area contributed by atoms with Crippen molar-refractivity contribution in [1.29, 1.82) is 0 Å². The van der Waals surface area contributed by atoms with Crippen LogP contribution in [0, 0.1) is 0 Å². The highest BCUT2D eigenvalue weighted by molar-refractivity contribution is 5.86. The summed E-state index contributed by atoms with van der Waals surface area (Å²) in [5.41, 5.74) is -1.49. The van der Waals surface area contributed by atoms with Crippen LogP contribution in [0.3, 0.4) is 0 Å². The molecule has 8 heteroatoms. The molecule has 0 bridgehead atoms. The zero-order valence-electron chi connectivity index (χ0n) is 13.5. The van der Waals surface area contributed by atoms with E-state index in [1.54, 1.807) is 0 Å². The molecular formula is C16H21NO7. The topological polar surface area (TPSA) is 139 Å². The van der Waals surface area contributed by atoms with Gasteiger partial charge in [-0.25, -0.2) is 4.57 Å². The first-order valence-electron chi connectivity index (χ1n) is 7.01. The summed E-state index contributed by atoms with van der Waals surface area (Å²) in [7, 11) is 0. The molecule has 3 N–H and O–H groups in total. The van der Waals surface area contributed by atoms with Crippen LogP contribution >= 0.6 is 0 Å². The van der Waals surface area contributed by atoms with Crippen LogP contribution < -0.4 is 9.67 Å². The van der Waals surface area contributed by atoms with Gasteiger partial charge in [0.2, 0.25) is 0 Å². The fraction of sp³-hybridized carbons (Fsp3) is 0.375. The number of hydrogen-bond donors (Lipinski definition) is 3. The minimum absolute atomic E-state index is 0.975. The maximum Gasteiger partial charge on any atom is 0.306 e. The van der Waals surface area contributed by atoms with Gasteiger partial charge in [0.15, 0.2) is 18.9 Å². The first-order chi connectivity index (χ1) is 11.1. The molecule has 0 fully saturated rings. The Balaban J connectivity index is 0.000000446. The summed E-state index contributed by atoms with van der Waals surface area (Å²) in [6, 6.07) is 6.11. The Hall–Kier alpha value is -2.74. The third kappa shape index (κ3) is 9.31. The summed E-state index contributed by atoms with van der Waals surface area (Å²) in [5.74, 6) is -5.35. The van der Waals surface area contributed by atoms with Crippen LogP contribution in [0.15, 0.2) is 42.2 Å². The van der Waals surface area contributed by atoms with E-state index in [1.807, 2.05) is 18.2 Å². The summed E-state index contributed by atoms with van der Waals surface area (Å²) in [6.45, 7) is 5.20. The van der Waals surface area contributed by atoms with Crippen molar-refractivity contribution in [3.8, 4) is 0 Å². The van der Waals surface area contributed by atoms with Gasteiger partial charge in [-0.3, -0.25) is 9.59 Å². The Morgan fingerprint density at radius 3 is 1.83 bits per heavy atom. The van der Waals surface area contributed by atoms with Crippen molar-refractivity contribution in [2.24, 2.45) is 0 Å². The molecule has 1 heterocycles. The van der Waals surface area contributed by atoms with Gasteiger partial charge in [-0.2, -0.15) is 0 Å². The highest BCUT2D eigenvalue weighted by Crippen LogP contribution is 2.14. The van der Waals surface area contributed by atoms with Crippen molar-refractivity contribution < 1.29 is 39.4 Å². The van der Waals surface area contributed by atoms with E-state index in [2.05, 4.69) is 36.9 Å². The van der Waals surface area contributed by atoms with Crippen molar-refractivity contribution in [2.45, 2.75) is 38.8 Å². The molecule has 0 spiro atoms. The van der Waals surface area contributed by atoms with Gasteiger partial charge in [-0.1, -0.05) is 11.6 Å². The van der Waals surface area contributed by atoms with Gasteiger partial charge in [-0.15, -0.1) is 0 Å². The average Bonchev–Trinajstić information content (AvgIpc) is 2.45. The van der Waals surface area contributed by atoms with Gasteiger partial charge < -0.3 is 25.2 Å². The lowest BCUT2D eigenvalue weighted by Gasteiger charge is -2.25. The van der Waals surface area contributed by atoms with E-state index in [1.165, 1.54) is 5.57 Å².